The van der Waals surface area contributed by atoms with Gasteiger partial charge in [-0.15, -0.1) is 23.7 Å². The van der Waals surface area contributed by atoms with Gasteiger partial charge in [0.15, 0.2) is 0 Å². The van der Waals surface area contributed by atoms with Gasteiger partial charge >= 0.3 is 0 Å². The average Bonchev–Trinajstić information content (AvgIpc) is 3.23. The highest BCUT2D eigenvalue weighted by atomic mass is 35.5. The van der Waals surface area contributed by atoms with Gasteiger partial charge in [-0.2, -0.15) is 0 Å². The predicted octanol–water partition coefficient (Wildman–Crippen LogP) is 2.33. The molecule has 3 rings (SSSR count). The summed E-state index contributed by atoms with van der Waals surface area (Å²) in [5, 5.41) is 11.2. The van der Waals surface area contributed by atoms with Gasteiger partial charge < -0.3 is 16.0 Å². The standard InChI is InChI=1S/C17H25N3O2S.ClH/c21-16(14-11-12-5-1-2-6-13(12)20-14)18-8-4-9-19-17(22)15-7-3-10-23-15;/h3,7,10,12-14,20H,1-2,4-6,8-9,11H2,(H,18,21)(H,19,22);1H. The molecule has 0 aromatic carbocycles. The molecule has 24 heavy (non-hydrogen) atoms. The molecule has 1 aliphatic heterocycles. The van der Waals surface area contributed by atoms with Gasteiger partial charge in [0.1, 0.15) is 0 Å². The summed E-state index contributed by atoms with van der Waals surface area (Å²) >= 11 is 1.44. The number of thiophene rings is 1. The minimum absolute atomic E-state index is 0. The molecule has 1 aromatic rings. The average molecular weight is 372 g/mol. The molecular formula is C17H26ClN3O2S. The van der Waals surface area contributed by atoms with Crippen LogP contribution in [-0.4, -0.2) is 37.0 Å². The molecule has 2 aliphatic rings. The second-order valence-corrected chi connectivity index (χ2v) is 7.43. The predicted molar refractivity (Wildman–Crippen MR) is 98.8 cm³/mol. The third-order valence-electron chi connectivity index (χ3n) is 4.86. The Morgan fingerprint density at radius 2 is 2.00 bits per heavy atom. The normalized spacial score (nSPS) is 25.4. The summed E-state index contributed by atoms with van der Waals surface area (Å²) in [4.78, 5) is 24.7. The molecule has 2 heterocycles. The number of rotatable bonds is 6. The van der Waals surface area contributed by atoms with Gasteiger partial charge in [-0.25, -0.2) is 0 Å². The Morgan fingerprint density at radius 3 is 2.75 bits per heavy atom. The summed E-state index contributed by atoms with van der Waals surface area (Å²) in [5.74, 6) is 0.765. The highest BCUT2D eigenvalue weighted by Crippen LogP contribution is 2.33. The van der Waals surface area contributed by atoms with Crippen molar-refractivity contribution in [3.05, 3.63) is 22.4 Å². The van der Waals surface area contributed by atoms with Crippen LogP contribution in [0.3, 0.4) is 0 Å². The molecule has 2 amide bonds. The van der Waals surface area contributed by atoms with Gasteiger partial charge in [0.2, 0.25) is 5.91 Å². The van der Waals surface area contributed by atoms with Crippen molar-refractivity contribution >= 4 is 35.6 Å². The first kappa shape index (κ1) is 19.2. The molecule has 0 radical (unpaired) electrons. The lowest BCUT2D eigenvalue weighted by atomic mass is 9.85. The Kier molecular flexibility index (Phi) is 7.52. The van der Waals surface area contributed by atoms with E-state index in [0.717, 1.165) is 17.7 Å². The highest BCUT2D eigenvalue weighted by molar-refractivity contribution is 7.12. The highest BCUT2D eigenvalue weighted by Gasteiger charge is 2.37. The molecule has 5 nitrogen and oxygen atoms in total. The number of hydrogen-bond donors (Lipinski definition) is 3. The molecule has 0 spiro atoms. The summed E-state index contributed by atoms with van der Waals surface area (Å²) < 4.78 is 0. The van der Waals surface area contributed by atoms with Crippen LogP contribution in [0.4, 0.5) is 0 Å². The minimum Gasteiger partial charge on any atom is -0.355 e. The maximum atomic E-state index is 12.2. The van der Waals surface area contributed by atoms with E-state index in [-0.39, 0.29) is 30.3 Å². The first-order chi connectivity index (χ1) is 11.2. The largest absolute Gasteiger partial charge is 0.355 e. The van der Waals surface area contributed by atoms with E-state index in [1.54, 1.807) is 0 Å². The molecular weight excluding hydrogens is 346 g/mol. The Morgan fingerprint density at radius 1 is 1.21 bits per heavy atom. The maximum absolute atomic E-state index is 12.2. The Hall–Kier alpha value is -1.11. The molecule has 1 aromatic heterocycles. The first-order valence-corrected chi connectivity index (χ1v) is 9.47. The van der Waals surface area contributed by atoms with Crippen LogP contribution in [0.25, 0.3) is 0 Å². The third kappa shape index (κ3) is 4.94. The lowest BCUT2D eigenvalue weighted by Gasteiger charge is -2.24. The SMILES string of the molecule is Cl.O=C(NCCCNC(=O)C1CC2CCCCC2N1)c1cccs1. The zero-order chi connectivity index (χ0) is 16.1. The van der Waals surface area contributed by atoms with E-state index in [4.69, 9.17) is 0 Å². The molecule has 7 heteroatoms. The summed E-state index contributed by atoms with van der Waals surface area (Å²) in [6.45, 7) is 1.19. The topological polar surface area (TPSA) is 70.2 Å². The fourth-order valence-corrected chi connectivity index (χ4v) is 4.28. The van der Waals surface area contributed by atoms with E-state index in [1.807, 2.05) is 17.5 Å². The van der Waals surface area contributed by atoms with Gasteiger partial charge in [-0.05, 0) is 43.0 Å². The van der Waals surface area contributed by atoms with Gasteiger partial charge in [0, 0.05) is 19.1 Å². The summed E-state index contributed by atoms with van der Waals surface area (Å²) in [6, 6.07) is 4.20. The quantitative estimate of drug-likeness (QED) is 0.672. The van der Waals surface area contributed by atoms with Crippen LogP contribution in [0, 0.1) is 5.92 Å². The van der Waals surface area contributed by atoms with Gasteiger partial charge in [0.05, 0.1) is 10.9 Å². The maximum Gasteiger partial charge on any atom is 0.261 e. The Balaban J connectivity index is 0.00000208. The fourth-order valence-electron chi connectivity index (χ4n) is 3.64. The molecule has 2 fully saturated rings. The lowest BCUT2D eigenvalue weighted by Crippen LogP contribution is -2.43. The van der Waals surface area contributed by atoms with Gasteiger partial charge in [0.25, 0.3) is 5.91 Å². The molecule has 1 saturated carbocycles. The van der Waals surface area contributed by atoms with Crippen molar-refractivity contribution in [2.24, 2.45) is 5.92 Å². The van der Waals surface area contributed by atoms with E-state index in [1.165, 1.54) is 37.0 Å². The smallest absolute Gasteiger partial charge is 0.261 e. The van der Waals surface area contributed by atoms with Gasteiger partial charge in [-0.1, -0.05) is 18.9 Å². The zero-order valence-corrected chi connectivity index (χ0v) is 15.4. The summed E-state index contributed by atoms with van der Waals surface area (Å²) in [7, 11) is 0. The Bertz CT molecular complexity index is 524. The van der Waals surface area contributed by atoms with Crippen molar-refractivity contribution in [1.82, 2.24) is 16.0 Å². The minimum atomic E-state index is -0.0344. The van der Waals surface area contributed by atoms with E-state index >= 15 is 0 Å². The van der Waals surface area contributed by atoms with Crippen molar-refractivity contribution < 1.29 is 9.59 Å². The van der Waals surface area contributed by atoms with Crippen molar-refractivity contribution in [3.8, 4) is 0 Å². The van der Waals surface area contributed by atoms with Crippen LogP contribution < -0.4 is 16.0 Å². The molecule has 0 bridgehead atoms. The number of carbonyl (C=O) groups excluding carboxylic acids is 2. The second kappa shape index (κ2) is 9.39. The van der Waals surface area contributed by atoms with Crippen LogP contribution in [0.15, 0.2) is 17.5 Å². The van der Waals surface area contributed by atoms with Crippen molar-refractivity contribution in [3.63, 3.8) is 0 Å². The van der Waals surface area contributed by atoms with Crippen LogP contribution in [0.1, 0.15) is 48.2 Å². The number of hydrogen-bond acceptors (Lipinski definition) is 4. The third-order valence-corrected chi connectivity index (χ3v) is 5.73. The molecule has 3 atom stereocenters. The molecule has 3 unspecified atom stereocenters. The van der Waals surface area contributed by atoms with E-state index < -0.39 is 0 Å². The number of fused-ring (bicyclic) bond motifs is 1. The number of halogens is 1. The van der Waals surface area contributed by atoms with Gasteiger partial charge in [-0.3, -0.25) is 9.59 Å². The lowest BCUT2D eigenvalue weighted by molar-refractivity contribution is -0.122. The fraction of sp³-hybridized carbons (Fsp3) is 0.647. The number of carbonyl (C=O) groups is 2. The van der Waals surface area contributed by atoms with Crippen LogP contribution in [-0.2, 0) is 4.79 Å². The van der Waals surface area contributed by atoms with Crippen molar-refractivity contribution in [2.45, 2.75) is 50.6 Å². The number of nitrogens with one attached hydrogen (secondary N) is 3. The van der Waals surface area contributed by atoms with Crippen molar-refractivity contribution in [1.29, 1.82) is 0 Å². The summed E-state index contributed by atoms with van der Waals surface area (Å²) in [5.41, 5.74) is 0. The monoisotopic (exact) mass is 371 g/mol. The Labute approximate surface area is 153 Å². The molecule has 134 valence electrons. The molecule has 1 aliphatic carbocycles. The van der Waals surface area contributed by atoms with E-state index in [0.29, 0.717) is 25.0 Å². The van der Waals surface area contributed by atoms with Crippen LogP contribution in [0.5, 0.6) is 0 Å². The van der Waals surface area contributed by atoms with E-state index in [9.17, 15) is 9.59 Å². The summed E-state index contributed by atoms with van der Waals surface area (Å²) in [6.07, 6.45) is 6.79. The van der Waals surface area contributed by atoms with Crippen LogP contribution >= 0.6 is 23.7 Å². The van der Waals surface area contributed by atoms with E-state index in [2.05, 4.69) is 16.0 Å². The molecule has 3 N–H and O–H groups in total. The van der Waals surface area contributed by atoms with Crippen molar-refractivity contribution in [2.75, 3.05) is 13.1 Å². The first-order valence-electron chi connectivity index (χ1n) is 8.59. The van der Waals surface area contributed by atoms with Crippen LogP contribution in [0.2, 0.25) is 0 Å². The zero-order valence-electron chi connectivity index (χ0n) is 13.8. The second-order valence-electron chi connectivity index (χ2n) is 6.48. The molecule has 1 saturated heterocycles. The number of amides is 2.